The van der Waals surface area contributed by atoms with Crippen molar-refractivity contribution < 1.29 is 22.7 Å². The molecule has 0 spiro atoms. The van der Waals surface area contributed by atoms with Gasteiger partial charge in [0.15, 0.2) is 0 Å². The first-order chi connectivity index (χ1) is 13.4. The van der Waals surface area contributed by atoms with E-state index in [1.54, 1.807) is 42.5 Å². The molecule has 0 unspecified atom stereocenters. The summed E-state index contributed by atoms with van der Waals surface area (Å²) < 4.78 is 45.5. The van der Waals surface area contributed by atoms with Crippen LogP contribution < -0.4 is 15.4 Å². The maximum Gasteiger partial charge on any atom is 0.423 e. The number of ether oxygens (including phenoxy) is 1. The number of benzene rings is 2. The lowest BCUT2D eigenvalue weighted by Gasteiger charge is -2.15. The highest BCUT2D eigenvalue weighted by Crippen LogP contribution is 2.37. The lowest BCUT2D eigenvalue weighted by atomic mass is 10.2. The van der Waals surface area contributed by atoms with E-state index >= 15 is 0 Å². The lowest BCUT2D eigenvalue weighted by Crippen LogP contribution is -2.19. The Bertz CT molecular complexity index is 978. The number of rotatable bonds is 5. The molecule has 0 radical (unpaired) electrons. The second kappa shape index (κ2) is 7.95. The third-order valence-corrected chi connectivity index (χ3v) is 3.65. The number of alkyl halides is 3. The molecule has 2 N–H and O–H groups in total. The minimum absolute atomic E-state index is 0.0586. The van der Waals surface area contributed by atoms with Crippen LogP contribution in [-0.2, 0) is 6.18 Å². The number of aromatic nitrogens is 2. The molecule has 0 aliphatic carbocycles. The molecule has 1 heterocycles. The summed E-state index contributed by atoms with van der Waals surface area (Å²) in [5, 5.41) is 5.22. The van der Waals surface area contributed by atoms with Gasteiger partial charge in [-0.3, -0.25) is 4.79 Å². The van der Waals surface area contributed by atoms with Gasteiger partial charge in [0, 0.05) is 18.9 Å². The molecule has 2 aromatic carbocycles. The minimum Gasteiger partial charge on any atom is -0.437 e. The first kappa shape index (κ1) is 19.2. The molecule has 0 atom stereocenters. The molecule has 3 aromatic rings. The molecule has 6 nitrogen and oxygen atoms in total. The first-order valence-corrected chi connectivity index (χ1v) is 8.14. The number of halogens is 3. The molecule has 0 saturated carbocycles. The smallest absolute Gasteiger partial charge is 0.423 e. The van der Waals surface area contributed by atoms with Gasteiger partial charge in [-0.05, 0) is 24.3 Å². The largest absolute Gasteiger partial charge is 0.437 e. The van der Waals surface area contributed by atoms with Crippen molar-refractivity contribution in [3.63, 3.8) is 0 Å². The fourth-order valence-electron chi connectivity index (χ4n) is 2.33. The van der Waals surface area contributed by atoms with Crippen LogP contribution in [0, 0.1) is 0 Å². The van der Waals surface area contributed by atoms with E-state index in [-0.39, 0.29) is 17.3 Å². The Kier molecular flexibility index (Phi) is 5.44. The Hall–Kier alpha value is -3.62. The van der Waals surface area contributed by atoms with Gasteiger partial charge in [0.2, 0.25) is 11.8 Å². The van der Waals surface area contributed by atoms with Crippen LogP contribution in [0.3, 0.4) is 0 Å². The zero-order chi connectivity index (χ0) is 20.1. The van der Waals surface area contributed by atoms with E-state index in [0.29, 0.717) is 11.9 Å². The van der Waals surface area contributed by atoms with Gasteiger partial charge in [-0.25, -0.2) is 4.98 Å². The van der Waals surface area contributed by atoms with Crippen LogP contribution in [0.2, 0.25) is 0 Å². The van der Waals surface area contributed by atoms with E-state index in [1.165, 1.54) is 19.2 Å². The van der Waals surface area contributed by atoms with Crippen molar-refractivity contribution in [2.45, 2.75) is 6.18 Å². The van der Waals surface area contributed by atoms with Crippen molar-refractivity contribution in [2.24, 2.45) is 0 Å². The van der Waals surface area contributed by atoms with E-state index < -0.39 is 23.5 Å². The van der Waals surface area contributed by atoms with Gasteiger partial charge in [-0.1, -0.05) is 30.3 Å². The number of nitrogens with one attached hydrogen (secondary N) is 2. The van der Waals surface area contributed by atoms with E-state index in [0.717, 1.165) is 0 Å². The third-order valence-electron chi connectivity index (χ3n) is 3.65. The first-order valence-electron chi connectivity index (χ1n) is 8.14. The van der Waals surface area contributed by atoms with E-state index in [2.05, 4.69) is 20.6 Å². The standard InChI is InChI=1S/C19H15F3N4O2/c1-23-16(27)13-9-5-6-10-15(13)28-17-14(19(20,21)22)11-24-18(26-17)25-12-7-3-2-4-8-12/h2-11H,1H3,(H,23,27)(H,24,25,26). The van der Waals surface area contributed by atoms with Crippen LogP contribution in [0.1, 0.15) is 15.9 Å². The van der Waals surface area contributed by atoms with Crippen LogP contribution in [-0.4, -0.2) is 22.9 Å². The van der Waals surface area contributed by atoms with Gasteiger partial charge in [-0.2, -0.15) is 18.2 Å². The molecular weight excluding hydrogens is 373 g/mol. The fraction of sp³-hybridized carbons (Fsp3) is 0.105. The number of para-hydroxylation sites is 2. The highest BCUT2D eigenvalue weighted by Gasteiger charge is 2.36. The zero-order valence-electron chi connectivity index (χ0n) is 14.6. The summed E-state index contributed by atoms with van der Waals surface area (Å²) in [6.07, 6.45) is -4.10. The summed E-state index contributed by atoms with van der Waals surface area (Å²) >= 11 is 0. The molecule has 1 aromatic heterocycles. The Morgan fingerprint density at radius 2 is 1.71 bits per heavy atom. The predicted octanol–water partition coefficient (Wildman–Crippen LogP) is 4.39. The highest BCUT2D eigenvalue weighted by atomic mass is 19.4. The molecule has 3 rings (SSSR count). The Morgan fingerprint density at radius 3 is 2.39 bits per heavy atom. The summed E-state index contributed by atoms with van der Waals surface area (Å²) in [7, 11) is 1.41. The van der Waals surface area contributed by atoms with Crippen molar-refractivity contribution in [1.82, 2.24) is 15.3 Å². The fourth-order valence-corrected chi connectivity index (χ4v) is 2.33. The number of hydrogen-bond acceptors (Lipinski definition) is 5. The van der Waals surface area contributed by atoms with Gasteiger partial charge in [-0.15, -0.1) is 0 Å². The normalized spacial score (nSPS) is 11.0. The summed E-state index contributed by atoms with van der Waals surface area (Å²) in [6, 6.07) is 14.7. The molecule has 1 amide bonds. The second-order valence-electron chi connectivity index (χ2n) is 5.58. The Morgan fingerprint density at radius 1 is 1.04 bits per heavy atom. The van der Waals surface area contributed by atoms with Crippen LogP contribution in [0.4, 0.5) is 24.8 Å². The number of carbonyl (C=O) groups is 1. The molecule has 9 heteroatoms. The number of anilines is 2. The van der Waals surface area contributed by atoms with Gasteiger partial charge in [0.25, 0.3) is 5.91 Å². The van der Waals surface area contributed by atoms with Crippen LogP contribution in [0.15, 0.2) is 60.8 Å². The maximum atomic E-state index is 13.4. The van der Waals surface area contributed by atoms with Crippen molar-refractivity contribution in [3.8, 4) is 11.6 Å². The average molecular weight is 388 g/mol. The van der Waals surface area contributed by atoms with Gasteiger partial charge >= 0.3 is 6.18 Å². The summed E-state index contributed by atoms with van der Waals surface area (Å²) in [5.74, 6) is -1.35. The van der Waals surface area contributed by atoms with Crippen molar-refractivity contribution >= 4 is 17.5 Å². The summed E-state index contributed by atoms with van der Waals surface area (Å²) in [5.41, 5.74) is -0.480. The molecular formula is C19H15F3N4O2. The molecule has 0 saturated heterocycles. The Labute approximate surface area is 158 Å². The summed E-state index contributed by atoms with van der Waals surface area (Å²) in [4.78, 5) is 19.5. The number of amides is 1. The molecule has 0 aliphatic heterocycles. The Balaban J connectivity index is 2.01. The molecule has 0 fully saturated rings. The number of carbonyl (C=O) groups excluding carboxylic acids is 1. The van der Waals surface area contributed by atoms with Gasteiger partial charge < -0.3 is 15.4 Å². The van der Waals surface area contributed by atoms with Crippen LogP contribution in [0.25, 0.3) is 0 Å². The highest BCUT2D eigenvalue weighted by molar-refractivity contribution is 5.96. The minimum atomic E-state index is -4.73. The SMILES string of the molecule is CNC(=O)c1ccccc1Oc1nc(Nc2ccccc2)ncc1C(F)(F)F. The van der Waals surface area contributed by atoms with Crippen LogP contribution in [0.5, 0.6) is 11.6 Å². The molecule has 0 aliphatic rings. The summed E-state index contributed by atoms with van der Waals surface area (Å²) in [6.45, 7) is 0. The predicted molar refractivity (Wildman–Crippen MR) is 96.7 cm³/mol. The van der Waals surface area contributed by atoms with Gasteiger partial charge in [0.1, 0.15) is 11.3 Å². The molecule has 0 bridgehead atoms. The van der Waals surface area contributed by atoms with Crippen molar-refractivity contribution in [1.29, 1.82) is 0 Å². The monoisotopic (exact) mass is 388 g/mol. The maximum absolute atomic E-state index is 13.4. The van der Waals surface area contributed by atoms with Crippen molar-refractivity contribution in [3.05, 3.63) is 71.9 Å². The van der Waals surface area contributed by atoms with Gasteiger partial charge in [0.05, 0.1) is 5.56 Å². The molecule has 144 valence electrons. The lowest BCUT2D eigenvalue weighted by molar-refractivity contribution is -0.139. The topological polar surface area (TPSA) is 76.1 Å². The third kappa shape index (κ3) is 4.37. The van der Waals surface area contributed by atoms with E-state index in [4.69, 9.17) is 4.74 Å². The quantitative estimate of drug-likeness (QED) is 0.678. The van der Waals surface area contributed by atoms with Crippen molar-refractivity contribution in [2.75, 3.05) is 12.4 Å². The number of nitrogens with zero attached hydrogens (tertiary/aromatic N) is 2. The van der Waals surface area contributed by atoms with Crippen LogP contribution >= 0.6 is 0 Å². The zero-order valence-corrected chi connectivity index (χ0v) is 14.6. The second-order valence-corrected chi connectivity index (χ2v) is 5.58. The number of hydrogen-bond donors (Lipinski definition) is 2. The molecule has 28 heavy (non-hydrogen) atoms. The van der Waals surface area contributed by atoms with E-state index in [9.17, 15) is 18.0 Å². The average Bonchev–Trinajstić information content (AvgIpc) is 2.68. The van der Waals surface area contributed by atoms with E-state index in [1.807, 2.05) is 0 Å².